The minimum absolute atomic E-state index is 0.148. The van der Waals surface area contributed by atoms with Gasteiger partial charge in [0.1, 0.15) is 18.5 Å². The molecule has 1 aromatic carbocycles. The number of nitrogens with zero attached hydrogens (tertiary/aromatic N) is 2. The Morgan fingerprint density at radius 1 is 1.39 bits per heavy atom. The summed E-state index contributed by atoms with van der Waals surface area (Å²) in [5, 5.41) is 14.6. The fourth-order valence-electron chi connectivity index (χ4n) is 1.73. The van der Waals surface area contributed by atoms with Crippen LogP contribution < -0.4 is 4.74 Å². The number of halogens is 1. The van der Waals surface area contributed by atoms with Crippen LogP contribution in [-0.2, 0) is 6.54 Å². The molecule has 2 aromatic rings. The van der Waals surface area contributed by atoms with Crippen LogP contribution in [-0.4, -0.2) is 21.5 Å². The van der Waals surface area contributed by atoms with Crippen molar-refractivity contribution in [1.82, 2.24) is 9.78 Å². The summed E-state index contributed by atoms with van der Waals surface area (Å²) in [4.78, 5) is 0. The average Bonchev–Trinajstić information content (AvgIpc) is 2.78. The standard InChI is InChI=1S/C13H15ClN2O2/c1-2-16-13(11(14)8-15-16)12(17)9-18-10-6-4-3-5-7-10/h3-8,12,17H,2,9H2,1H3. The molecule has 2 rings (SSSR count). The van der Waals surface area contributed by atoms with Crippen LogP contribution in [0.4, 0.5) is 0 Å². The minimum atomic E-state index is -0.792. The largest absolute Gasteiger partial charge is 0.490 e. The van der Waals surface area contributed by atoms with Gasteiger partial charge in [0.05, 0.1) is 16.9 Å². The molecular formula is C13H15ClN2O2. The number of hydrogen-bond donors (Lipinski definition) is 1. The van der Waals surface area contributed by atoms with Gasteiger partial charge in [-0.2, -0.15) is 5.10 Å². The monoisotopic (exact) mass is 266 g/mol. The van der Waals surface area contributed by atoms with E-state index in [0.29, 0.717) is 17.3 Å². The molecule has 0 aliphatic heterocycles. The molecule has 18 heavy (non-hydrogen) atoms. The molecule has 0 spiro atoms. The number of ether oxygens (including phenoxy) is 1. The van der Waals surface area contributed by atoms with Gasteiger partial charge in [0.15, 0.2) is 0 Å². The number of hydrogen-bond acceptors (Lipinski definition) is 3. The molecule has 96 valence electrons. The summed E-state index contributed by atoms with van der Waals surface area (Å²) in [5.74, 6) is 0.718. The summed E-state index contributed by atoms with van der Waals surface area (Å²) in [6.07, 6.45) is 0.742. The van der Waals surface area contributed by atoms with E-state index in [1.807, 2.05) is 37.3 Å². The second kappa shape index (κ2) is 5.89. The molecule has 1 heterocycles. The summed E-state index contributed by atoms with van der Waals surface area (Å²) in [7, 11) is 0. The van der Waals surface area contributed by atoms with Crippen LogP contribution in [0.25, 0.3) is 0 Å². The smallest absolute Gasteiger partial charge is 0.131 e. The topological polar surface area (TPSA) is 47.3 Å². The zero-order chi connectivity index (χ0) is 13.0. The Morgan fingerprint density at radius 3 is 2.78 bits per heavy atom. The summed E-state index contributed by atoms with van der Waals surface area (Å²) < 4.78 is 7.16. The number of para-hydroxylation sites is 1. The Labute approximate surface area is 111 Å². The van der Waals surface area contributed by atoms with E-state index in [2.05, 4.69) is 5.10 Å². The van der Waals surface area contributed by atoms with Gasteiger partial charge in [0.2, 0.25) is 0 Å². The molecule has 1 unspecified atom stereocenters. The maximum atomic E-state index is 10.1. The Balaban J connectivity index is 2.03. The SMILES string of the molecule is CCn1ncc(Cl)c1C(O)COc1ccccc1. The van der Waals surface area contributed by atoms with E-state index in [0.717, 1.165) is 5.75 Å². The van der Waals surface area contributed by atoms with E-state index in [4.69, 9.17) is 16.3 Å². The molecule has 4 nitrogen and oxygen atoms in total. The number of aliphatic hydroxyl groups is 1. The van der Waals surface area contributed by atoms with E-state index < -0.39 is 6.10 Å². The lowest BCUT2D eigenvalue weighted by Gasteiger charge is -2.14. The zero-order valence-corrected chi connectivity index (χ0v) is 10.8. The van der Waals surface area contributed by atoms with Gasteiger partial charge in [-0.25, -0.2) is 0 Å². The maximum Gasteiger partial charge on any atom is 0.131 e. The minimum Gasteiger partial charge on any atom is -0.490 e. The first-order valence-electron chi connectivity index (χ1n) is 5.79. The molecule has 0 saturated carbocycles. The van der Waals surface area contributed by atoms with Crippen LogP contribution in [0.2, 0.25) is 5.02 Å². The van der Waals surface area contributed by atoms with Gasteiger partial charge in [0, 0.05) is 6.54 Å². The highest BCUT2D eigenvalue weighted by atomic mass is 35.5. The van der Waals surface area contributed by atoms with Crippen LogP contribution in [0.5, 0.6) is 5.75 Å². The lowest BCUT2D eigenvalue weighted by molar-refractivity contribution is 0.100. The summed E-state index contributed by atoms with van der Waals surface area (Å²) in [5.41, 5.74) is 0.593. The first-order valence-corrected chi connectivity index (χ1v) is 6.17. The lowest BCUT2D eigenvalue weighted by atomic mass is 10.2. The molecule has 0 aliphatic carbocycles. The third-order valence-electron chi connectivity index (χ3n) is 2.60. The summed E-state index contributed by atoms with van der Waals surface area (Å²) in [6.45, 7) is 2.75. The predicted molar refractivity (Wildman–Crippen MR) is 69.8 cm³/mol. The van der Waals surface area contributed by atoms with Gasteiger partial charge in [-0.15, -0.1) is 0 Å². The van der Waals surface area contributed by atoms with E-state index in [1.54, 1.807) is 4.68 Å². The van der Waals surface area contributed by atoms with E-state index in [-0.39, 0.29) is 6.61 Å². The molecule has 1 aromatic heterocycles. The van der Waals surface area contributed by atoms with Gasteiger partial charge in [-0.05, 0) is 19.1 Å². The second-order valence-corrected chi connectivity index (χ2v) is 4.24. The van der Waals surface area contributed by atoms with Crippen LogP contribution in [0, 0.1) is 0 Å². The number of aliphatic hydroxyl groups excluding tert-OH is 1. The van der Waals surface area contributed by atoms with Gasteiger partial charge < -0.3 is 9.84 Å². The van der Waals surface area contributed by atoms with Crippen molar-refractivity contribution in [3.05, 3.63) is 47.2 Å². The highest BCUT2D eigenvalue weighted by Gasteiger charge is 2.18. The number of aromatic nitrogens is 2. The molecule has 5 heteroatoms. The fourth-order valence-corrected chi connectivity index (χ4v) is 1.99. The van der Waals surface area contributed by atoms with Crippen molar-refractivity contribution in [3.63, 3.8) is 0 Å². The molecular weight excluding hydrogens is 252 g/mol. The number of aryl methyl sites for hydroxylation is 1. The molecule has 0 fully saturated rings. The van der Waals surface area contributed by atoms with Crippen molar-refractivity contribution < 1.29 is 9.84 Å². The Bertz CT molecular complexity index is 499. The number of rotatable bonds is 5. The maximum absolute atomic E-state index is 10.1. The predicted octanol–water partition coefficient (Wildman–Crippen LogP) is 2.67. The Morgan fingerprint density at radius 2 is 2.11 bits per heavy atom. The van der Waals surface area contributed by atoms with Gasteiger partial charge in [0.25, 0.3) is 0 Å². The molecule has 0 aliphatic rings. The Kier molecular flexibility index (Phi) is 4.23. The quantitative estimate of drug-likeness (QED) is 0.905. The third kappa shape index (κ3) is 2.83. The molecule has 0 bridgehead atoms. The van der Waals surface area contributed by atoms with Crippen LogP contribution in [0.3, 0.4) is 0 Å². The normalized spacial score (nSPS) is 12.4. The molecule has 0 saturated heterocycles. The molecule has 0 amide bonds. The first kappa shape index (κ1) is 12.9. The highest BCUT2D eigenvalue weighted by molar-refractivity contribution is 6.31. The van der Waals surface area contributed by atoms with E-state index in [9.17, 15) is 5.11 Å². The molecule has 1 atom stereocenters. The van der Waals surface area contributed by atoms with Crippen molar-refractivity contribution in [1.29, 1.82) is 0 Å². The van der Waals surface area contributed by atoms with Crippen LogP contribution in [0.1, 0.15) is 18.7 Å². The van der Waals surface area contributed by atoms with Gasteiger partial charge in [-0.3, -0.25) is 4.68 Å². The number of benzene rings is 1. The van der Waals surface area contributed by atoms with Crippen molar-refractivity contribution in [2.24, 2.45) is 0 Å². The fraction of sp³-hybridized carbons (Fsp3) is 0.308. The van der Waals surface area contributed by atoms with Gasteiger partial charge in [-0.1, -0.05) is 29.8 Å². The first-order chi connectivity index (χ1) is 8.72. The Hall–Kier alpha value is -1.52. The third-order valence-corrected chi connectivity index (χ3v) is 2.89. The highest BCUT2D eigenvalue weighted by Crippen LogP contribution is 2.23. The van der Waals surface area contributed by atoms with Crippen LogP contribution >= 0.6 is 11.6 Å². The van der Waals surface area contributed by atoms with Crippen molar-refractivity contribution in [2.75, 3.05) is 6.61 Å². The van der Waals surface area contributed by atoms with E-state index >= 15 is 0 Å². The van der Waals surface area contributed by atoms with Crippen molar-refractivity contribution in [2.45, 2.75) is 19.6 Å². The van der Waals surface area contributed by atoms with Crippen molar-refractivity contribution in [3.8, 4) is 5.75 Å². The molecule has 0 radical (unpaired) electrons. The zero-order valence-electron chi connectivity index (χ0n) is 10.1. The van der Waals surface area contributed by atoms with E-state index in [1.165, 1.54) is 6.20 Å². The molecule has 1 N–H and O–H groups in total. The summed E-state index contributed by atoms with van der Waals surface area (Å²) >= 11 is 6.00. The lowest BCUT2D eigenvalue weighted by Crippen LogP contribution is -2.15. The summed E-state index contributed by atoms with van der Waals surface area (Å²) in [6, 6.07) is 9.35. The second-order valence-electron chi connectivity index (χ2n) is 3.83. The van der Waals surface area contributed by atoms with Crippen LogP contribution in [0.15, 0.2) is 36.5 Å². The average molecular weight is 267 g/mol. The van der Waals surface area contributed by atoms with Crippen molar-refractivity contribution >= 4 is 11.6 Å². The van der Waals surface area contributed by atoms with Gasteiger partial charge >= 0.3 is 0 Å².